The van der Waals surface area contributed by atoms with Crippen LogP contribution in [0.1, 0.15) is 34.3 Å². The van der Waals surface area contributed by atoms with Gasteiger partial charge in [-0.2, -0.15) is 4.31 Å². The van der Waals surface area contributed by atoms with Gasteiger partial charge < -0.3 is 15.4 Å². The minimum absolute atomic E-state index is 0.103. The second-order valence-corrected chi connectivity index (χ2v) is 13.8. The molecule has 1 aromatic carbocycles. The van der Waals surface area contributed by atoms with E-state index >= 15 is 0 Å². The van der Waals surface area contributed by atoms with Crippen molar-refractivity contribution in [3.63, 3.8) is 0 Å². The van der Waals surface area contributed by atoms with Gasteiger partial charge in [-0.3, -0.25) is 9.59 Å². The van der Waals surface area contributed by atoms with Gasteiger partial charge in [0.2, 0.25) is 11.8 Å². The van der Waals surface area contributed by atoms with E-state index in [0.717, 1.165) is 44.8 Å². The van der Waals surface area contributed by atoms with E-state index in [1.165, 1.54) is 22.8 Å². The van der Waals surface area contributed by atoms with Crippen LogP contribution in [-0.4, -0.2) is 67.3 Å². The average Bonchev–Trinajstić information content (AvgIpc) is 3.44. The molecule has 2 atom stereocenters. The normalized spacial score (nSPS) is 21.2. The maximum Gasteiger partial charge on any atom is 0.253 e. The Labute approximate surface area is 221 Å². The first-order valence-electron chi connectivity index (χ1n) is 11.4. The Morgan fingerprint density at radius 3 is 2.86 bits per heavy atom. The monoisotopic (exact) mass is 568 g/mol. The molecule has 0 spiro atoms. The third-order valence-corrected chi connectivity index (χ3v) is 11.3. The van der Waals surface area contributed by atoms with Crippen LogP contribution in [0.2, 0.25) is 5.02 Å². The van der Waals surface area contributed by atoms with E-state index in [2.05, 4.69) is 4.98 Å². The third-order valence-electron chi connectivity index (χ3n) is 6.55. The van der Waals surface area contributed by atoms with Crippen LogP contribution in [0.5, 0.6) is 0 Å². The zero-order valence-electron chi connectivity index (χ0n) is 19.5. The highest BCUT2D eigenvalue weighted by Crippen LogP contribution is 2.36. The lowest BCUT2D eigenvalue weighted by Gasteiger charge is -2.39. The molecule has 0 bridgehead atoms. The van der Waals surface area contributed by atoms with Gasteiger partial charge in [-0.25, -0.2) is 13.4 Å². The van der Waals surface area contributed by atoms with Gasteiger partial charge in [-0.15, -0.1) is 22.7 Å². The Balaban J connectivity index is 1.38. The summed E-state index contributed by atoms with van der Waals surface area (Å²) in [6.45, 7) is 0.235. The van der Waals surface area contributed by atoms with E-state index in [0.29, 0.717) is 16.5 Å². The molecule has 1 aliphatic heterocycles. The second-order valence-electron chi connectivity index (χ2n) is 8.94. The van der Waals surface area contributed by atoms with Crippen LogP contribution >= 0.6 is 34.3 Å². The van der Waals surface area contributed by atoms with Crippen LogP contribution < -0.4 is 5.73 Å². The fraction of sp³-hybridized carbons (Fsp3) is 0.435. The van der Waals surface area contributed by atoms with Crippen LogP contribution in [0, 0.1) is 0 Å². The van der Waals surface area contributed by atoms with Crippen molar-refractivity contribution < 1.29 is 22.7 Å². The number of methoxy groups -OCH3 is 1. The summed E-state index contributed by atoms with van der Waals surface area (Å²) in [7, 11) is -2.38. The first-order chi connectivity index (χ1) is 17.2. The van der Waals surface area contributed by atoms with Gasteiger partial charge in [0.05, 0.1) is 37.4 Å². The number of hydrogen-bond donors (Lipinski definition) is 1. The van der Waals surface area contributed by atoms with Gasteiger partial charge in [0.25, 0.3) is 10.0 Å². The van der Waals surface area contributed by atoms with Gasteiger partial charge in [-0.1, -0.05) is 17.7 Å². The Morgan fingerprint density at radius 1 is 1.31 bits per heavy atom. The highest BCUT2D eigenvalue weighted by Gasteiger charge is 2.40. The number of halogens is 1. The summed E-state index contributed by atoms with van der Waals surface area (Å²) >= 11 is 8.68. The topological polar surface area (TPSA) is 123 Å². The number of ether oxygens (including phenoxy) is 1. The lowest BCUT2D eigenvalue weighted by molar-refractivity contribution is -0.140. The van der Waals surface area contributed by atoms with E-state index in [-0.39, 0.29) is 42.3 Å². The van der Waals surface area contributed by atoms with Crippen molar-refractivity contribution in [1.82, 2.24) is 14.2 Å². The van der Waals surface area contributed by atoms with Crippen LogP contribution in [-0.2, 0) is 37.3 Å². The zero-order chi connectivity index (χ0) is 25.6. The molecule has 0 radical (unpaired) electrons. The second kappa shape index (κ2) is 9.99. The fourth-order valence-electron chi connectivity index (χ4n) is 4.77. The predicted octanol–water partition coefficient (Wildman–Crippen LogP) is 2.96. The average molecular weight is 569 g/mol. The number of primary amides is 1. The van der Waals surface area contributed by atoms with E-state index in [1.54, 1.807) is 29.2 Å². The highest BCUT2D eigenvalue weighted by molar-refractivity contribution is 7.91. The number of hydrogen-bond acceptors (Lipinski definition) is 8. The van der Waals surface area contributed by atoms with E-state index in [1.807, 2.05) is 0 Å². The van der Waals surface area contributed by atoms with Gasteiger partial charge in [0.15, 0.2) is 0 Å². The number of amides is 2. The summed E-state index contributed by atoms with van der Waals surface area (Å²) in [6.07, 6.45) is 2.38. The number of rotatable bonds is 7. The van der Waals surface area contributed by atoms with E-state index in [9.17, 15) is 18.0 Å². The number of thiophene rings is 1. The van der Waals surface area contributed by atoms with Crippen LogP contribution in [0.4, 0.5) is 0 Å². The first kappa shape index (κ1) is 25.6. The molecular weight excluding hydrogens is 544 g/mol. The van der Waals surface area contributed by atoms with Crippen molar-refractivity contribution in [2.75, 3.05) is 26.8 Å². The van der Waals surface area contributed by atoms with Crippen LogP contribution in [0.15, 0.2) is 28.5 Å². The summed E-state index contributed by atoms with van der Waals surface area (Å²) in [5, 5.41) is 2.02. The molecule has 13 heteroatoms. The number of carbonyl (C=O) groups excluding carboxylic acids is 2. The standard InChI is InChI=1S/C23H25ClN4O5S3/c1-33-12-15-9-27(36(31,32)21-7-13-5-6-14(24)8-18(13)35-21)11-20(29)28(15)10-19-26-22-16(23(25)30)3-2-4-17(22)34-19/h5-8,15-16H,2-4,9-12H2,1H3,(H2,25,30)/t15-,16?/m1/s1. The quantitative estimate of drug-likeness (QED) is 0.467. The number of piperazine rings is 1. The first-order valence-corrected chi connectivity index (χ1v) is 14.9. The van der Waals surface area contributed by atoms with Crippen molar-refractivity contribution in [2.45, 2.75) is 42.0 Å². The molecule has 3 aromatic rings. The lowest BCUT2D eigenvalue weighted by Crippen LogP contribution is -2.58. The number of thiazole rings is 1. The summed E-state index contributed by atoms with van der Waals surface area (Å²) in [5.41, 5.74) is 6.29. The molecule has 2 aliphatic rings. The number of fused-ring (bicyclic) bond motifs is 2. The van der Waals surface area contributed by atoms with Crippen molar-refractivity contribution in [3.8, 4) is 0 Å². The number of benzene rings is 1. The molecule has 0 saturated carbocycles. The Bertz CT molecular complexity index is 1440. The van der Waals surface area contributed by atoms with Crippen molar-refractivity contribution in [3.05, 3.63) is 44.9 Å². The van der Waals surface area contributed by atoms with Gasteiger partial charge in [0.1, 0.15) is 9.22 Å². The number of nitrogens with two attached hydrogens (primary N) is 1. The maximum atomic E-state index is 13.5. The van der Waals surface area contributed by atoms with E-state index < -0.39 is 22.0 Å². The minimum atomic E-state index is -3.89. The highest BCUT2D eigenvalue weighted by atomic mass is 35.5. The predicted molar refractivity (Wildman–Crippen MR) is 139 cm³/mol. The van der Waals surface area contributed by atoms with Crippen molar-refractivity contribution >= 4 is 66.2 Å². The Kier molecular flexibility index (Phi) is 7.09. The molecule has 3 heterocycles. The summed E-state index contributed by atoms with van der Waals surface area (Å²) < 4.78 is 34.4. The van der Waals surface area contributed by atoms with Gasteiger partial charge in [0, 0.05) is 28.3 Å². The molecule has 1 aliphatic carbocycles. The number of carbonyl (C=O) groups is 2. The molecule has 1 unspecified atom stereocenters. The Morgan fingerprint density at radius 2 is 2.11 bits per heavy atom. The Hall–Kier alpha value is -2.09. The smallest absolute Gasteiger partial charge is 0.253 e. The molecule has 192 valence electrons. The SMILES string of the molecule is COC[C@H]1CN(S(=O)(=O)c2cc3ccc(Cl)cc3s2)CC(=O)N1Cc1nc2c(s1)CCCC2C(N)=O. The molecule has 2 N–H and O–H groups in total. The fourth-order valence-corrected chi connectivity index (χ4v) is 9.20. The molecule has 2 aromatic heterocycles. The molecule has 2 amide bonds. The number of nitrogens with zero attached hydrogens (tertiary/aromatic N) is 3. The number of sulfonamides is 1. The molecule has 36 heavy (non-hydrogen) atoms. The van der Waals surface area contributed by atoms with Crippen LogP contribution in [0.3, 0.4) is 0 Å². The van der Waals surface area contributed by atoms with Crippen LogP contribution in [0.25, 0.3) is 10.1 Å². The summed E-state index contributed by atoms with van der Waals surface area (Å²) in [5.74, 6) is -1.11. The van der Waals surface area contributed by atoms with Crippen molar-refractivity contribution in [1.29, 1.82) is 0 Å². The molecule has 1 saturated heterocycles. The maximum absolute atomic E-state index is 13.5. The molecule has 9 nitrogen and oxygen atoms in total. The molecule has 1 fully saturated rings. The largest absolute Gasteiger partial charge is 0.382 e. The number of aryl methyl sites for hydroxylation is 1. The van der Waals surface area contributed by atoms with E-state index in [4.69, 9.17) is 22.1 Å². The number of aromatic nitrogens is 1. The molecular formula is C23H25ClN4O5S3. The summed E-state index contributed by atoms with van der Waals surface area (Å²) in [6, 6.07) is 6.35. The third kappa shape index (κ3) is 4.77. The minimum Gasteiger partial charge on any atom is -0.382 e. The van der Waals surface area contributed by atoms with Gasteiger partial charge in [-0.05, 0) is 42.8 Å². The van der Waals surface area contributed by atoms with Gasteiger partial charge >= 0.3 is 0 Å². The lowest BCUT2D eigenvalue weighted by atomic mass is 9.90. The summed E-state index contributed by atoms with van der Waals surface area (Å²) in [4.78, 5) is 32.4. The van der Waals surface area contributed by atoms with Crippen molar-refractivity contribution in [2.24, 2.45) is 5.73 Å². The molecule has 5 rings (SSSR count). The zero-order valence-corrected chi connectivity index (χ0v) is 22.7.